The normalized spacial score (nSPS) is 23.5. The molecule has 2 aliphatic heterocycles. The lowest BCUT2D eigenvalue weighted by atomic mass is 10.2. The summed E-state index contributed by atoms with van der Waals surface area (Å²) in [5.74, 6) is 0.925. The number of fused-ring (bicyclic) bond motifs is 1. The van der Waals surface area contributed by atoms with Crippen LogP contribution in [0.2, 0.25) is 0 Å². The van der Waals surface area contributed by atoms with E-state index < -0.39 is 6.03 Å². The maximum Gasteiger partial charge on any atom is 0.325 e. The van der Waals surface area contributed by atoms with Gasteiger partial charge in [-0.15, -0.1) is 10.2 Å². The zero-order chi connectivity index (χ0) is 18.9. The van der Waals surface area contributed by atoms with Crippen LogP contribution in [0.1, 0.15) is 12.5 Å². The SMILES string of the molecule is C[C@]12CN(CCSc3nnc(NC(=O)Nc4ccc(C#N)cc4)s3)C[C@H]1O2. The number of likely N-dealkylation sites (tertiary alicyclic amines) is 1. The van der Waals surface area contributed by atoms with E-state index in [1.54, 1.807) is 36.0 Å². The number of anilines is 2. The summed E-state index contributed by atoms with van der Waals surface area (Å²) in [4.78, 5) is 14.4. The molecule has 3 heterocycles. The highest BCUT2D eigenvalue weighted by Crippen LogP contribution is 2.42. The minimum atomic E-state index is -0.392. The van der Waals surface area contributed by atoms with E-state index in [0.29, 0.717) is 22.5 Å². The second kappa shape index (κ2) is 7.44. The Morgan fingerprint density at radius 3 is 2.96 bits per heavy atom. The number of amides is 2. The lowest BCUT2D eigenvalue weighted by Crippen LogP contribution is -2.29. The summed E-state index contributed by atoms with van der Waals surface area (Å²) in [6.45, 7) is 5.16. The van der Waals surface area contributed by atoms with Gasteiger partial charge in [-0.2, -0.15) is 5.26 Å². The summed E-state index contributed by atoms with van der Waals surface area (Å²) in [5, 5.41) is 22.7. The molecule has 0 aliphatic carbocycles. The number of urea groups is 1. The first-order chi connectivity index (χ1) is 13.0. The molecule has 2 fully saturated rings. The molecule has 2 amide bonds. The summed E-state index contributed by atoms with van der Waals surface area (Å²) < 4.78 is 6.43. The van der Waals surface area contributed by atoms with Crippen LogP contribution < -0.4 is 10.6 Å². The van der Waals surface area contributed by atoms with Crippen LogP contribution in [0.3, 0.4) is 0 Å². The first kappa shape index (κ1) is 18.2. The van der Waals surface area contributed by atoms with Gasteiger partial charge in [0.25, 0.3) is 0 Å². The van der Waals surface area contributed by atoms with Crippen LogP contribution in [0, 0.1) is 11.3 Å². The molecule has 0 spiro atoms. The molecule has 0 unspecified atom stereocenters. The van der Waals surface area contributed by atoms with Gasteiger partial charge in [0.05, 0.1) is 11.6 Å². The smallest absolute Gasteiger partial charge is 0.325 e. The van der Waals surface area contributed by atoms with Crippen LogP contribution in [-0.2, 0) is 4.74 Å². The Kier molecular flexibility index (Phi) is 5.01. The summed E-state index contributed by atoms with van der Waals surface area (Å²) in [7, 11) is 0. The van der Waals surface area contributed by atoms with E-state index in [-0.39, 0.29) is 5.60 Å². The van der Waals surface area contributed by atoms with Crippen LogP contribution in [0.25, 0.3) is 0 Å². The molecule has 1 aromatic heterocycles. The molecule has 2 N–H and O–H groups in total. The number of hydrogen-bond acceptors (Lipinski definition) is 8. The average molecular weight is 403 g/mol. The number of ether oxygens (including phenoxy) is 1. The third-order valence-electron chi connectivity index (χ3n) is 4.53. The number of aromatic nitrogens is 2. The molecule has 1 aromatic carbocycles. The van der Waals surface area contributed by atoms with E-state index in [1.165, 1.54) is 11.3 Å². The van der Waals surface area contributed by atoms with Crippen LogP contribution >= 0.6 is 23.1 Å². The standard InChI is InChI=1S/C17H18N6O2S2/c1-17-10-23(9-13(17)25-17)6-7-26-16-22-21-15(27-16)20-14(24)19-12-4-2-11(8-18)3-5-12/h2-5,13H,6-7,9-10H2,1H3,(H2,19,20,21,24)/t13-,17+/m1/s1. The molecule has 8 nitrogen and oxygen atoms in total. The quantitative estimate of drug-likeness (QED) is 0.434. The van der Waals surface area contributed by atoms with Crippen molar-refractivity contribution in [2.45, 2.75) is 23.0 Å². The number of nitriles is 1. The molecule has 0 bridgehead atoms. The molecular weight excluding hydrogens is 384 g/mol. The first-order valence-electron chi connectivity index (χ1n) is 8.49. The van der Waals surface area contributed by atoms with E-state index >= 15 is 0 Å². The van der Waals surface area contributed by atoms with E-state index in [2.05, 4.69) is 32.7 Å². The predicted octanol–water partition coefficient (Wildman–Crippen LogP) is 2.62. The Bertz CT molecular complexity index is 880. The van der Waals surface area contributed by atoms with E-state index in [9.17, 15) is 4.79 Å². The summed E-state index contributed by atoms with van der Waals surface area (Å²) in [5.41, 5.74) is 1.23. The van der Waals surface area contributed by atoms with Gasteiger partial charge in [0.1, 0.15) is 11.7 Å². The van der Waals surface area contributed by atoms with Gasteiger partial charge in [0.15, 0.2) is 4.34 Å². The number of rotatable bonds is 6. The Morgan fingerprint density at radius 2 is 2.26 bits per heavy atom. The van der Waals surface area contributed by atoms with Crippen molar-refractivity contribution in [1.29, 1.82) is 5.26 Å². The third-order valence-corrected chi connectivity index (χ3v) is 6.48. The number of benzene rings is 1. The lowest BCUT2D eigenvalue weighted by Gasteiger charge is -2.17. The number of thioether (sulfide) groups is 1. The Hall–Kier alpha value is -2.19. The van der Waals surface area contributed by atoms with Gasteiger partial charge in [-0.3, -0.25) is 10.2 Å². The fourth-order valence-electron chi connectivity index (χ4n) is 3.04. The number of epoxide rings is 1. The lowest BCUT2D eigenvalue weighted by molar-refractivity contribution is 0.176. The molecule has 2 aliphatic rings. The van der Waals surface area contributed by atoms with Crippen molar-refractivity contribution < 1.29 is 9.53 Å². The van der Waals surface area contributed by atoms with Crippen LogP contribution in [0.4, 0.5) is 15.6 Å². The van der Waals surface area contributed by atoms with E-state index in [0.717, 1.165) is 29.7 Å². The predicted molar refractivity (Wildman–Crippen MR) is 104 cm³/mol. The zero-order valence-corrected chi connectivity index (χ0v) is 16.3. The van der Waals surface area contributed by atoms with Crippen molar-refractivity contribution >= 4 is 39.9 Å². The van der Waals surface area contributed by atoms with E-state index in [4.69, 9.17) is 10.00 Å². The molecule has 27 heavy (non-hydrogen) atoms. The molecule has 0 saturated carbocycles. The number of nitrogens with zero attached hydrogens (tertiary/aromatic N) is 4. The highest BCUT2D eigenvalue weighted by molar-refractivity contribution is 8.01. The molecule has 10 heteroatoms. The zero-order valence-electron chi connectivity index (χ0n) is 14.6. The Morgan fingerprint density at radius 1 is 1.44 bits per heavy atom. The number of morpholine rings is 1. The first-order valence-corrected chi connectivity index (χ1v) is 10.3. The van der Waals surface area contributed by atoms with Crippen molar-refractivity contribution in [3.05, 3.63) is 29.8 Å². The second-order valence-corrected chi connectivity index (χ2v) is 8.96. The van der Waals surface area contributed by atoms with E-state index in [1.807, 2.05) is 6.07 Å². The number of nitrogens with one attached hydrogen (secondary N) is 2. The van der Waals surface area contributed by atoms with Gasteiger partial charge >= 0.3 is 6.03 Å². The molecule has 140 valence electrons. The van der Waals surface area contributed by atoms with Gasteiger partial charge in [-0.1, -0.05) is 23.1 Å². The molecule has 4 rings (SSSR count). The van der Waals surface area contributed by atoms with Gasteiger partial charge in [0.2, 0.25) is 5.13 Å². The highest BCUT2D eigenvalue weighted by atomic mass is 32.2. The molecule has 0 radical (unpaired) electrons. The minimum Gasteiger partial charge on any atom is -0.364 e. The third kappa shape index (κ3) is 4.39. The van der Waals surface area contributed by atoms with Gasteiger partial charge in [0, 0.05) is 31.1 Å². The summed E-state index contributed by atoms with van der Waals surface area (Å²) in [6, 6.07) is 8.28. The topological polar surface area (TPSA) is 106 Å². The van der Waals surface area contributed by atoms with Crippen LogP contribution in [0.5, 0.6) is 0 Å². The average Bonchev–Trinajstić information content (AvgIpc) is 2.94. The van der Waals surface area contributed by atoms with Crippen molar-refractivity contribution in [2.75, 3.05) is 36.0 Å². The Balaban J connectivity index is 1.20. The van der Waals surface area contributed by atoms with Crippen molar-refractivity contribution in [2.24, 2.45) is 0 Å². The van der Waals surface area contributed by atoms with Crippen molar-refractivity contribution in [3.8, 4) is 6.07 Å². The van der Waals surface area contributed by atoms with Gasteiger partial charge in [-0.05, 0) is 31.2 Å². The van der Waals surface area contributed by atoms with Crippen molar-refractivity contribution in [1.82, 2.24) is 15.1 Å². The molecular formula is C17H18N6O2S2. The fourth-order valence-corrected chi connectivity index (χ4v) is 4.86. The fraction of sp³-hybridized carbons (Fsp3) is 0.412. The maximum absolute atomic E-state index is 12.0. The number of carbonyl (C=O) groups excluding carboxylic acids is 1. The largest absolute Gasteiger partial charge is 0.364 e. The minimum absolute atomic E-state index is 0.0901. The summed E-state index contributed by atoms with van der Waals surface area (Å²) >= 11 is 2.99. The Labute approximate surface area is 164 Å². The van der Waals surface area contributed by atoms with Crippen LogP contribution in [-0.4, -0.2) is 58.2 Å². The maximum atomic E-state index is 12.0. The van der Waals surface area contributed by atoms with Crippen molar-refractivity contribution in [3.63, 3.8) is 0 Å². The molecule has 2 saturated heterocycles. The second-order valence-electron chi connectivity index (χ2n) is 6.64. The van der Waals surface area contributed by atoms with Gasteiger partial charge in [-0.25, -0.2) is 4.79 Å². The monoisotopic (exact) mass is 402 g/mol. The van der Waals surface area contributed by atoms with Crippen LogP contribution in [0.15, 0.2) is 28.6 Å². The number of hydrogen-bond donors (Lipinski definition) is 2. The molecule has 2 aromatic rings. The summed E-state index contributed by atoms with van der Waals surface area (Å²) in [6.07, 6.45) is 0.412. The highest BCUT2D eigenvalue weighted by Gasteiger charge is 2.58. The molecule has 2 atom stereocenters. The number of carbonyl (C=O) groups is 1. The van der Waals surface area contributed by atoms with Gasteiger partial charge < -0.3 is 10.1 Å².